The van der Waals surface area contributed by atoms with Crippen LogP contribution in [0.15, 0.2) is 63.2 Å². The predicted octanol–water partition coefficient (Wildman–Crippen LogP) is 5.10. The summed E-state index contributed by atoms with van der Waals surface area (Å²) < 4.78 is 2.07. The highest BCUT2D eigenvalue weighted by molar-refractivity contribution is 9.10. The van der Waals surface area contributed by atoms with Crippen LogP contribution in [0.5, 0.6) is 0 Å². The fourth-order valence-corrected chi connectivity index (χ4v) is 3.71. The van der Waals surface area contributed by atoms with E-state index in [2.05, 4.69) is 31.1 Å². The van der Waals surface area contributed by atoms with Gasteiger partial charge in [0.2, 0.25) is 5.13 Å². The van der Waals surface area contributed by atoms with Crippen LogP contribution in [0.2, 0.25) is 0 Å². The predicted molar refractivity (Wildman–Crippen MR) is 96.0 cm³/mol. The first-order chi connectivity index (χ1) is 11.1. The third-order valence-electron chi connectivity index (χ3n) is 3.68. The molecule has 0 saturated carbocycles. The fourth-order valence-electron chi connectivity index (χ4n) is 2.55. The highest BCUT2D eigenvalue weighted by Crippen LogP contribution is 2.32. The lowest BCUT2D eigenvalue weighted by molar-refractivity contribution is 0.0933. The summed E-state index contributed by atoms with van der Waals surface area (Å²) in [6.45, 7) is 0. The smallest absolute Gasteiger partial charge is 0.230 e. The van der Waals surface area contributed by atoms with Gasteiger partial charge in [0.25, 0.3) is 0 Å². The van der Waals surface area contributed by atoms with Gasteiger partial charge in [0.1, 0.15) is 0 Å². The summed E-state index contributed by atoms with van der Waals surface area (Å²) >= 11 is 4.91. The molecular weight excluding hydrogens is 374 g/mol. The average molecular weight is 386 g/mol. The zero-order valence-electron chi connectivity index (χ0n) is 12.0. The number of hydrogen-bond acceptors (Lipinski definition) is 5. The minimum Gasteiger partial charge on any atom is -0.364 e. The van der Waals surface area contributed by atoms with Crippen LogP contribution >= 0.6 is 27.3 Å². The summed E-state index contributed by atoms with van der Waals surface area (Å²) in [5, 5.41) is 19.5. The Labute approximate surface area is 145 Å². The molecule has 1 aliphatic carbocycles. The van der Waals surface area contributed by atoms with Crippen LogP contribution in [0.3, 0.4) is 0 Å². The van der Waals surface area contributed by atoms with Crippen LogP contribution in [0.4, 0.5) is 5.13 Å². The Morgan fingerprint density at radius 3 is 2.96 bits per heavy atom. The number of rotatable bonds is 2. The van der Waals surface area contributed by atoms with Gasteiger partial charge in [-0.15, -0.1) is 10.2 Å². The van der Waals surface area contributed by atoms with E-state index in [-0.39, 0.29) is 0 Å². The SMILES string of the molecule is OC1(N=Nc2nc3ccccc3s2)C=Cc2cc(Br)ccc2C1. The molecule has 3 aromatic rings. The van der Waals surface area contributed by atoms with Crippen LogP contribution in [-0.4, -0.2) is 15.8 Å². The van der Waals surface area contributed by atoms with Gasteiger partial charge >= 0.3 is 0 Å². The van der Waals surface area contributed by atoms with E-state index in [1.54, 1.807) is 6.08 Å². The van der Waals surface area contributed by atoms with Gasteiger partial charge in [0.05, 0.1) is 10.2 Å². The number of benzene rings is 2. The van der Waals surface area contributed by atoms with Gasteiger partial charge < -0.3 is 5.11 Å². The Hall–Kier alpha value is -1.89. The molecule has 0 aliphatic heterocycles. The summed E-state index contributed by atoms with van der Waals surface area (Å²) in [6, 6.07) is 13.8. The third kappa shape index (κ3) is 2.97. The lowest BCUT2D eigenvalue weighted by Gasteiger charge is -2.23. The van der Waals surface area contributed by atoms with Crippen molar-refractivity contribution in [3.8, 4) is 0 Å². The molecule has 0 saturated heterocycles. The highest BCUT2D eigenvalue weighted by Gasteiger charge is 2.28. The van der Waals surface area contributed by atoms with Gasteiger partial charge in [-0.3, -0.25) is 0 Å². The van der Waals surface area contributed by atoms with Crippen molar-refractivity contribution in [1.29, 1.82) is 0 Å². The van der Waals surface area contributed by atoms with Crippen molar-refractivity contribution in [2.24, 2.45) is 10.2 Å². The molecule has 4 nitrogen and oxygen atoms in total. The van der Waals surface area contributed by atoms with Crippen molar-refractivity contribution in [1.82, 2.24) is 4.98 Å². The number of nitrogens with zero attached hydrogens (tertiary/aromatic N) is 3. The first-order valence-corrected chi connectivity index (χ1v) is 8.71. The third-order valence-corrected chi connectivity index (χ3v) is 5.09. The van der Waals surface area contributed by atoms with Crippen LogP contribution < -0.4 is 0 Å². The molecule has 1 unspecified atom stereocenters. The number of fused-ring (bicyclic) bond motifs is 2. The summed E-state index contributed by atoms with van der Waals surface area (Å²) in [5.74, 6) is 0. The Kier molecular flexibility index (Phi) is 3.60. The Balaban J connectivity index is 1.62. The maximum Gasteiger partial charge on any atom is 0.230 e. The van der Waals surface area contributed by atoms with E-state index in [4.69, 9.17) is 0 Å². The van der Waals surface area contributed by atoms with Crippen molar-refractivity contribution >= 4 is 48.7 Å². The number of thiazole rings is 1. The second kappa shape index (κ2) is 5.63. The first-order valence-electron chi connectivity index (χ1n) is 7.10. The minimum absolute atomic E-state index is 0.403. The maximum absolute atomic E-state index is 10.6. The fraction of sp³-hybridized carbons (Fsp3) is 0.118. The van der Waals surface area contributed by atoms with Gasteiger partial charge in [0.15, 0.2) is 5.72 Å². The molecule has 6 heteroatoms. The van der Waals surface area contributed by atoms with Gasteiger partial charge in [-0.2, -0.15) is 0 Å². The number of para-hydroxylation sites is 1. The second-order valence-electron chi connectivity index (χ2n) is 5.40. The van der Waals surface area contributed by atoms with Gasteiger partial charge in [-0.1, -0.05) is 51.5 Å². The van der Waals surface area contributed by atoms with Crippen molar-refractivity contribution < 1.29 is 5.11 Å². The van der Waals surface area contributed by atoms with E-state index in [0.29, 0.717) is 11.6 Å². The average Bonchev–Trinajstić information content (AvgIpc) is 2.97. The van der Waals surface area contributed by atoms with Crippen molar-refractivity contribution in [2.45, 2.75) is 12.1 Å². The molecule has 4 rings (SSSR count). The molecule has 23 heavy (non-hydrogen) atoms. The minimum atomic E-state index is -1.32. The highest BCUT2D eigenvalue weighted by atomic mass is 79.9. The molecule has 1 aromatic heterocycles. The molecule has 1 N–H and O–H groups in total. The molecule has 1 heterocycles. The largest absolute Gasteiger partial charge is 0.364 e. The molecule has 1 atom stereocenters. The second-order valence-corrected chi connectivity index (χ2v) is 7.32. The van der Waals surface area contributed by atoms with Crippen LogP contribution in [-0.2, 0) is 6.42 Å². The Morgan fingerprint density at radius 2 is 2.09 bits per heavy atom. The zero-order valence-corrected chi connectivity index (χ0v) is 14.4. The summed E-state index contributed by atoms with van der Waals surface area (Å²) in [6.07, 6.45) is 3.96. The van der Waals surface area contributed by atoms with Crippen molar-refractivity contribution in [3.05, 3.63) is 64.1 Å². The number of aromatic nitrogens is 1. The quantitative estimate of drug-likeness (QED) is 0.623. The van der Waals surface area contributed by atoms with Crippen LogP contribution in [0, 0.1) is 0 Å². The van der Waals surface area contributed by atoms with Crippen molar-refractivity contribution in [3.63, 3.8) is 0 Å². The molecule has 2 aromatic carbocycles. The van der Waals surface area contributed by atoms with Crippen LogP contribution in [0.1, 0.15) is 11.1 Å². The normalized spacial score (nSPS) is 20.3. The van der Waals surface area contributed by atoms with E-state index in [9.17, 15) is 5.11 Å². The topological polar surface area (TPSA) is 57.8 Å². The maximum atomic E-state index is 10.6. The van der Waals surface area contributed by atoms with Gasteiger partial charge in [-0.25, -0.2) is 4.98 Å². The molecule has 0 amide bonds. The van der Waals surface area contributed by atoms with Crippen LogP contribution in [0.25, 0.3) is 16.3 Å². The molecule has 0 radical (unpaired) electrons. The summed E-state index contributed by atoms with van der Waals surface area (Å²) in [5.41, 5.74) is 1.70. The van der Waals surface area contributed by atoms with E-state index >= 15 is 0 Å². The Morgan fingerprint density at radius 1 is 1.22 bits per heavy atom. The van der Waals surface area contributed by atoms with Crippen molar-refractivity contribution in [2.75, 3.05) is 0 Å². The number of aliphatic hydroxyl groups is 1. The Bertz CT molecular complexity index is 917. The van der Waals surface area contributed by atoms with E-state index < -0.39 is 5.72 Å². The molecule has 0 spiro atoms. The molecular formula is C17H12BrN3OS. The number of hydrogen-bond donors (Lipinski definition) is 1. The number of halogens is 1. The van der Waals surface area contributed by atoms with E-state index in [1.165, 1.54) is 11.3 Å². The lowest BCUT2D eigenvalue weighted by atomic mass is 9.92. The molecule has 0 bridgehead atoms. The summed E-state index contributed by atoms with van der Waals surface area (Å²) in [4.78, 5) is 4.40. The number of azo groups is 1. The van der Waals surface area contributed by atoms with Gasteiger partial charge in [-0.05, 0) is 41.5 Å². The zero-order chi connectivity index (χ0) is 15.9. The lowest BCUT2D eigenvalue weighted by Crippen LogP contribution is -2.28. The molecule has 0 fully saturated rings. The van der Waals surface area contributed by atoms with Gasteiger partial charge in [0, 0.05) is 10.9 Å². The summed E-state index contributed by atoms with van der Waals surface area (Å²) in [7, 11) is 0. The molecule has 114 valence electrons. The van der Waals surface area contributed by atoms with E-state index in [0.717, 1.165) is 25.8 Å². The monoisotopic (exact) mass is 385 g/mol. The standard InChI is InChI=1S/C17H12BrN3OS/c18-13-6-5-12-10-17(22,8-7-11(12)9-13)21-20-16-19-14-3-1-2-4-15(14)23-16/h1-9,22H,10H2. The van der Waals surface area contributed by atoms with E-state index in [1.807, 2.05) is 48.5 Å². The first kappa shape index (κ1) is 14.7. The molecule has 1 aliphatic rings.